The van der Waals surface area contributed by atoms with Crippen LogP contribution in [0.5, 0.6) is 0 Å². The van der Waals surface area contributed by atoms with Crippen molar-refractivity contribution in [2.45, 2.75) is 19.8 Å². The van der Waals surface area contributed by atoms with E-state index in [1.165, 1.54) is 11.0 Å². The van der Waals surface area contributed by atoms with Crippen molar-refractivity contribution in [3.63, 3.8) is 0 Å². The Morgan fingerprint density at radius 1 is 1.00 bits per heavy atom. The van der Waals surface area contributed by atoms with Gasteiger partial charge in [0.05, 0.1) is 0 Å². The highest BCUT2D eigenvalue weighted by atomic mass is 19.2. The molecule has 1 saturated heterocycles. The summed E-state index contributed by atoms with van der Waals surface area (Å²) in [5.41, 5.74) is 1.54. The fraction of sp³-hybridized carbons (Fsp3) is 0.292. The zero-order valence-corrected chi connectivity index (χ0v) is 18.6. The number of aromatic amines is 1. The third-order valence-electron chi connectivity index (χ3n) is 5.85. The number of H-pyrrole nitrogens is 1. The first-order valence-electron chi connectivity index (χ1n) is 10.9. The fourth-order valence-electron chi connectivity index (χ4n) is 3.91. The van der Waals surface area contributed by atoms with Gasteiger partial charge in [-0.05, 0) is 43.7 Å². The summed E-state index contributed by atoms with van der Waals surface area (Å²) >= 11 is 0. The van der Waals surface area contributed by atoms with E-state index in [9.17, 15) is 23.2 Å². The summed E-state index contributed by atoms with van der Waals surface area (Å²) in [6.07, 6.45) is 3.61. The highest BCUT2D eigenvalue weighted by Crippen LogP contribution is 2.16. The number of carbonyl (C=O) groups excluding carboxylic acids is 2. The van der Waals surface area contributed by atoms with Crippen LogP contribution >= 0.6 is 0 Å². The lowest BCUT2D eigenvalue weighted by atomic mass is 10.1. The number of hydrogen-bond acceptors (Lipinski definition) is 5. The van der Waals surface area contributed by atoms with E-state index < -0.39 is 17.5 Å². The third kappa shape index (κ3) is 5.00. The fourth-order valence-corrected chi connectivity index (χ4v) is 3.91. The summed E-state index contributed by atoms with van der Waals surface area (Å²) in [6, 6.07) is 6.54. The third-order valence-corrected chi connectivity index (χ3v) is 5.85. The van der Waals surface area contributed by atoms with Gasteiger partial charge in [0.2, 0.25) is 5.91 Å². The molecule has 8 nitrogen and oxygen atoms in total. The van der Waals surface area contributed by atoms with E-state index in [0.29, 0.717) is 30.2 Å². The SMILES string of the molecule is Cc1nc(-c2ccncc2)[nH]c(=O)c1CCC(=O)N1CCN(C(=O)c2ccc(F)c(F)c2)CC1. The van der Waals surface area contributed by atoms with Gasteiger partial charge >= 0.3 is 0 Å². The Bertz CT molecular complexity index is 1270. The summed E-state index contributed by atoms with van der Waals surface area (Å²) in [7, 11) is 0. The molecule has 1 fully saturated rings. The maximum absolute atomic E-state index is 13.4. The van der Waals surface area contributed by atoms with Crippen molar-refractivity contribution in [1.29, 1.82) is 0 Å². The highest BCUT2D eigenvalue weighted by Gasteiger charge is 2.25. The molecule has 0 unspecified atom stereocenters. The van der Waals surface area contributed by atoms with E-state index in [1.54, 1.807) is 36.4 Å². The molecule has 34 heavy (non-hydrogen) atoms. The average Bonchev–Trinajstić information content (AvgIpc) is 2.85. The predicted molar refractivity (Wildman–Crippen MR) is 120 cm³/mol. The van der Waals surface area contributed by atoms with Crippen LogP contribution in [-0.2, 0) is 11.2 Å². The monoisotopic (exact) mass is 467 g/mol. The van der Waals surface area contributed by atoms with Crippen molar-refractivity contribution in [2.75, 3.05) is 26.2 Å². The smallest absolute Gasteiger partial charge is 0.254 e. The molecule has 3 heterocycles. The molecular weight excluding hydrogens is 444 g/mol. The number of nitrogens with zero attached hydrogens (tertiary/aromatic N) is 4. The molecule has 4 rings (SSSR count). The zero-order chi connectivity index (χ0) is 24.2. The summed E-state index contributed by atoms with van der Waals surface area (Å²) in [4.78, 5) is 52.2. The molecule has 3 aromatic rings. The Balaban J connectivity index is 1.33. The van der Waals surface area contributed by atoms with E-state index in [0.717, 1.165) is 17.7 Å². The van der Waals surface area contributed by atoms with Crippen LogP contribution in [0.1, 0.15) is 28.0 Å². The largest absolute Gasteiger partial charge is 0.339 e. The Kier molecular flexibility index (Phi) is 6.76. The van der Waals surface area contributed by atoms with Gasteiger partial charge in [0.15, 0.2) is 11.6 Å². The van der Waals surface area contributed by atoms with Crippen LogP contribution in [0.3, 0.4) is 0 Å². The number of halogens is 2. The van der Waals surface area contributed by atoms with E-state index in [1.807, 2.05) is 0 Å². The average molecular weight is 467 g/mol. The Labute approximate surface area is 194 Å². The second-order valence-electron chi connectivity index (χ2n) is 8.02. The van der Waals surface area contributed by atoms with E-state index >= 15 is 0 Å². The normalized spacial score (nSPS) is 13.7. The molecule has 0 atom stereocenters. The number of piperazine rings is 1. The van der Waals surface area contributed by atoms with Crippen molar-refractivity contribution < 1.29 is 18.4 Å². The highest BCUT2D eigenvalue weighted by molar-refractivity contribution is 5.94. The van der Waals surface area contributed by atoms with Gasteiger partial charge in [-0.25, -0.2) is 13.8 Å². The van der Waals surface area contributed by atoms with Gasteiger partial charge in [0.1, 0.15) is 5.82 Å². The lowest BCUT2D eigenvalue weighted by Crippen LogP contribution is -2.50. The molecule has 1 N–H and O–H groups in total. The van der Waals surface area contributed by atoms with Gasteiger partial charge in [-0.2, -0.15) is 0 Å². The molecule has 0 spiro atoms. The number of benzene rings is 1. The predicted octanol–water partition coefficient (Wildman–Crippen LogP) is 2.34. The van der Waals surface area contributed by atoms with Crippen LogP contribution in [0.25, 0.3) is 11.4 Å². The van der Waals surface area contributed by atoms with Crippen LogP contribution < -0.4 is 5.56 Å². The van der Waals surface area contributed by atoms with E-state index in [2.05, 4.69) is 15.0 Å². The quantitative estimate of drug-likeness (QED) is 0.621. The number of carbonyl (C=O) groups is 2. The molecule has 2 amide bonds. The second kappa shape index (κ2) is 9.90. The van der Waals surface area contributed by atoms with Crippen LogP contribution in [-0.4, -0.2) is 62.7 Å². The van der Waals surface area contributed by atoms with Crippen LogP contribution in [0.4, 0.5) is 8.78 Å². The van der Waals surface area contributed by atoms with Crippen LogP contribution in [0, 0.1) is 18.6 Å². The molecule has 1 aliphatic heterocycles. The number of aromatic nitrogens is 3. The molecule has 1 aliphatic rings. The minimum Gasteiger partial charge on any atom is -0.339 e. The molecule has 0 bridgehead atoms. The second-order valence-corrected chi connectivity index (χ2v) is 8.02. The topological polar surface area (TPSA) is 99.3 Å². The molecule has 2 aromatic heterocycles. The van der Waals surface area contributed by atoms with Crippen molar-refractivity contribution in [1.82, 2.24) is 24.8 Å². The first-order chi connectivity index (χ1) is 16.3. The van der Waals surface area contributed by atoms with E-state index in [4.69, 9.17) is 0 Å². The Morgan fingerprint density at radius 3 is 2.32 bits per heavy atom. The van der Waals surface area contributed by atoms with Gasteiger partial charge in [0, 0.05) is 67.4 Å². The lowest BCUT2D eigenvalue weighted by molar-refractivity contribution is -0.132. The number of amides is 2. The molecule has 1 aromatic carbocycles. The number of aryl methyl sites for hydroxylation is 1. The van der Waals surface area contributed by atoms with Gasteiger partial charge in [-0.3, -0.25) is 19.4 Å². The number of nitrogens with one attached hydrogen (secondary N) is 1. The standard InChI is InChI=1S/C24H23F2N5O3/c1-15-18(23(33)29-22(28-15)16-6-8-27-9-7-16)3-5-21(32)30-10-12-31(13-11-30)24(34)17-2-4-19(25)20(26)14-17/h2,4,6-9,14H,3,5,10-13H2,1H3,(H,28,29,33). The van der Waals surface area contributed by atoms with Crippen LogP contribution in [0.2, 0.25) is 0 Å². The summed E-state index contributed by atoms with van der Waals surface area (Å²) in [6.45, 7) is 2.95. The summed E-state index contributed by atoms with van der Waals surface area (Å²) in [5, 5.41) is 0. The first-order valence-corrected chi connectivity index (χ1v) is 10.9. The van der Waals surface area contributed by atoms with Gasteiger partial charge in [0.25, 0.3) is 11.5 Å². The van der Waals surface area contributed by atoms with Crippen molar-refractivity contribution in [3.8, 4) is 11.4 Å². The minimum atomic E-state index is -1.08. The Hall–Kier alpha value is -3.95. The maximum atomic E-state index is 13.4. The van der Waals surface area contributed by atoms with E-state index in [-0.39, 0.29) is 43.0 Å². The van der Waals surface area contributed by atoms with Crippen molar-refractivity contribution in [2.24, 2.45) is 0 Å². The lowest BCUT2D eigenvalue weighted by Gasteiger charge is -2.35. The van der Waals surface area contributed by atoms with Crippen molar-refractivity contribution >= 4 is 11.8 Å². The first kappa shape index (κ1) is 23.2. The Morgan fingerprint density at radius 2 is 1.68 bits per heavy atom. The summed E-state index contributed by atoms with van der Waals surface area (Å²) < 4.78 is 26.5. The van der Waals surface area contributed by atoms with Gasteiger partial charge in [-0.15, -0.1) is 0 Å². The molecule has 0 radical (unpaired) electrons. The number of hydrogen-bond donors (Lipinski definition) is 1. The molecule has 10 heteroatoms. The maximum Gasteiger partial charge on any atom is 0.254 e. The molecular formula is C24H23F2N5O3. The van der Waals surface area contributed by atoms with Crippen molar-refractivity contribution in [3.05, 3.63) is 81.5 Å². The number of pyridine rings is 1. The molecule has 0 saturated carbocycles. The summed E-state index contributed by atoms with van der Waals surface area (Å²) in [5.74, 6) is -2.18. The number of rotatable bonds is 5. The van der Waals surface area contributed by atoms with Crippen LogP contribution in [0.15, 0.2) is 47.5 Å². The van der Waals surface area contributed by atoms with Gasteiger partial charge in [-0.1, -0.05) is 0 Å². The molecule has 176 valence electrons. The minimum absolute atomic E-state index is 0.0658. The zero-order valence-electron chi connectivity index (χ0n) is 18.6. The van der Waals surface area contributed by atoms with Gasteiger partial charge < -0.3 is 14.8 Å². The molecule has 0 aliphatic carbocycles.